The smallest absolute Gasteiger partial charge is 0.220 e. The predicted molar refractivity (Wildman–Crippen MR) is 86.9 cm³/mol. The molecule has 4 nitrogen and oxygen atoms in total. The molecule has 1 atom stereocenters. The molecule has 2 fully saturated rings. The first-order valence-electron chi connectivity index (χ1n) is 8.31. The van der Waals surface area contributed by atoms with Gasteiger partial charge in [0.2, 0.25) is 5.91 Å². The zero-order valence-corrected chi connectivity index (χ0v) is 13.6. The number of benzene rings is 1. The molecule has 1 aliphatic carbocycles. The molecule has 1 unspecified atom stereocenters. The summed E-state index contributed by atoms with van der Waals surface area (Å²) in [6, 6.07) is 8.31. The number of piperazine rings is 1. The maximum atomic E-state index is 12.0. The van der Waals surface area contributed by atoms with E-state index in [2.05, 4.69) is 17.0 Å². The molecule has 120 valence electrons. The molecule has 3 rings (SSSR count). The lowest BCUT2D eigenvalue weighted by Crippen LogP contribution is -2.51. The lowest BCUT2D eigenvalue weighted by molar-refractivity contribution is -0.134. The van der Waals surface area contributed by atoms with Crippen LogP contribution in [0.3, 0.4) is 0 Å². The van der Waals surface area contributed by atoms with E-state index in [0.29, 0.717) is 0 Å². The summed E-state index contributed by atoms with van der Waals surface area (Å²) < 4.78 is 5.24. The Balaban J connectivity index is 1.73. The van der Waals surface area contributed by atoms with Crippen LogP contribution in [0.1, 0.15) is 37.8 Å². The van der Waals surface area contributed by atoms with Gasteiger partial charge in [0.15, 0.2) is 0 Å². The molecule has 1 aliphatic heterocycles. The van der Waals surface area contributed by atoms with Gasteiger partial charge in [0.1, 0.15) is 5.75 Å². The van der Waals surface area contributed by atoms with Gasteiger partial charge in [-0.2, -0.15) is 0 Å². The van der Waals surface area contributed by atoms with Crippen LogP contribution in [0.5, 0.6) is 5.75 Å². The zero-order valence-electron chi connectivity index (χ0n) is 13.6. The summed E-state index contributed by atoms with van der Waals surface area (Å²) in [7, 11) is 1.68. The standard InChI is InChI=1S/C18H26N2O2/c1-14(21)20-11-10-19(12-15-4-3-5-15)13-18(20)16-6-8-17(22-2)9-7-16/h6-9,15,18H,3-5,10-13H2,1-2H3. The van der Waals surface area contributed by atoms with Crippen molar-refractivity contribution in [1.82, 2.24) is 9.80 Å². The number of hydrogen-bond donors (Lipinski definition) is 0. The predicted octanol–water partition coefficient (Wildman–Crippen LogP) is 2.70. The average Bonchev–Trinajstić information content (AvgIpc) is 2.50. The van der Waals surface area contributed by atoms with Crippen molar-refractivity contribution in [1.29, 1.82) is 0 Å². The Kier molecular flexibility index (Phi) is 4.67. The van der Waals surface area contributed by atoms with E-state index in [-0.39, 0.29) is 11.9 Å². The third-order valence-electron chi connectivity index (χ3n) is 5.11. The summed E-state index contributed by atoms with van der Waals surface area (Å²) in [4.78, 5) is 16.5. The minimum absolute atomic E-state index is 0.164. The monoisotopic (exact) mass is 302 g/mol. The van der Waals surface area contributed by atoms with Crippen molar-refractivity contribution in [3.05, 3.63) is 29.8 Å². The number of carbonyl (C=O) groups excluding carboxylic acids is 1. The van der Waals surface area contributed by atoms with Crippen LogP contribution in [0.2, 0.25) is 0 Å². The van der Waals surface area contributed by atoms with Crippen molar-refractivity contribution in [3.8, 4) is 5.75 Å². The summed E-state index contributed by atoms with van der Waals surface area (Å²) >= 11 is 0. The molecule has 1 heterocycles. The topological polar surface area (TPSA) is 32.8 Å². The molecule has 0 N–H and O–H groups in total. The highest BCUT2D eigenvalue weighted by Crippen LogP contribution is 2.31. The molecular weight excluding hydrogens is 276 g/mol. The van der Waals surface area contributed by atoms with Crippen LogP contribution < -0.4 is 4.74 Å². The summed E-state index contributed by atoms with van der Waals surface area (Å²) in [5, 5.41) is 0. The van der Waals surface area contributed by atoms with Gasteiger partial charge in [-0.05, 0) is 36.5 Å². The van der Waals surface area contributed by atoms with Crippen molar-refractivity contribution < 1.29 is 9.53 Å². The van der Waals surface area contributed by atoms with E-state index in [0.717, 1.165) is 31.3 Å². The fraction of sp³-hybridized carbons (Fsp3) is 0.611. The molecule has 1 saturated carbocycles. The van der Waals surface area contributed by atoms with Gasteiger partial charge in [0, 0.05) is 33.1 Å². The fourth-order valence-corrected chi connectivity index (χ4v) is 3.53. The van der Waals surface area contributed by atoms with Crippen molar-refractivity contribution in [3.63, 3.8) is 0 Å². The second kappa shape index (κ2) is 6.69. The number of nitrogens with zero attached hydrogens (tertiary/aromatic N) is 2. The molecule has 2 aliphatic rings. The maximum absolute atomic E-state index is 12.0. The molecule has 1 amide bonds. The Hall–Kier alpha value is -1.55. The van der Waals surface area contributed by atoms with Crippen LogP contribution in [-0.4, -0.2) is 49.0 Å². The Morgan fingerprint density at radius 2 is 1.95 bits per heavy atom. The summed E-state index contributed by atoms with van der Waals surface area (Å²) in [5.41, 5.74) is 1.20. The van der Waals surface area contributed by atoms with E-state index >= 15 is 0 Å². The quantitative estimate of drug-likeness (QED) is 0.857. The number of methoxy groups -OCH3 is 1. The SMILES string of the molecule is COc1ccc(C2CN(CC3CCC3)CCN2C(C)=O)cc1. The van der Waals surface area contributed by atoms with E-state index in [9.17, 15) is 4.79 Å². The Morgan fingerprint density at radius 1 is 1.23 bits per heavy atom. The first-order chi connectivity index (χ1) is 10.7. The van der Waals surface area contributed by atoms with Gasteiger partial charge < -0.3 is 9.64 Å². The van der Waals surface area contributed by atoms with Crippen molar-refractivity contribution in [2.45, 2.75) is 32.2 Å². The second-order valence-electron chi connectivity index (χ2n) is 6.56. The zero-order chi connectivity index (χ0) is 15.5. The average molecular weight is 302 g/mol. The van der Waals surface area contributed by atoms with Gasteiger partial charge in [-0.1, -0.05) is 18.6 Å². The van der Waals surface area contributed by atoms with Crippen LogP contribution >= 0.6 is 0 Å². The van der Waals surface area contributed by atoms with Gasteiger partial charge in [0.25, 0.3) is 0 Å². The largest absolute Gasteiger partial charge is 0.497 e. The van der Waals surface area contributed by atoms with E-state index in [1.807, 2.05) is 17.0 Å². The van der Waals surface area contributed by atoms with E-state index in [1.54, 1.807) is 14.0 Å². The lowest BCUT2D eigenvalue weighted by atomic mass is 9.85. The highest BCUT2D eigenvalue weighted by molar-refractivity contribution is 5.74. The highest BCUT2D eigenvalue weighted by Gasteiger charge is 2.31. The van der Waals surface area contributed by atoms with Gasteiger partial charge in [-0.25, -0.2) is 0 Å². The van der Waals surface area contributed by atoms with Crippen LogP contribution in [0, 0.1) is 5.92 Å². The normalized spacial score (nSPS) is 23.2. The van der Waals surface area contributed by atoms with E-state index < -0.39 is 0 Å². The molecule has 0 bridgehead atoms. The van der Waals surface area contributed by atoms with Gasteiger partial charge >= 0.3 is 0 Å². The molecule has 0 spiro atoms. The van der Waals surface area contributed by atoms with E-state index in [1.165, 1.54) is 31.4 Å². The molecule has 0 radical (unpaired) electrons. The Morgan fingerprint density at radius 3 is 2.50 bits per heavy atom. The van der Waals surface area contributed by atoms with Crippen molar-refractivity contribution >= 4 is 5.91 Å². The molecule has 1 aromatic carbocycles. The summed E-state index contributed by atoms with van der Waals surface area (Å²) in [6.45, 7) is 5.65. The minimum atomic E-state index is 0.164. The third-order valence-corrected chi connectivity index (χ3v) is 5.11. The minimum Gasteiger partial charge on any atom is -0.497 e. The molecule has 22 heavy (non-hydrogen) atoms. The van der Waals surface area contributed by atoms with Gasteiger partial charge in [0.05, 0.1) is 13.2 Å². The number of amides is 1. The lowest BCUT2D eigenvalue weighted by Gasteiger charge is -2.43. The van der Waals surface area contributed by atoms with Crippen LogP contribution in [0.25, 0.3) is 0 Å². The maximum Gasteiger partial charge on any atom is 0.220 e. The molecule has 4 heteroatoms. The third kappa shape index (κ3) is 3.27. The van der Waals surface area contributed by atoms with Gasteiger partial charge in [-0.3, -0.25) is 9.69 Å². The number of rotatable bonds is 4. The molecular formula is C18H26N2O2. The number of carbonyl (C=O) groups is 1. The van der Waals surface area contributed by atoms with Crippen LogP contribution in [0.15, 0.2) is 24.3 Å². The highest BCUT2D eigenvalue weighted by atomic mass is 16.5. The Labute approximate surface area is 133 Å². The molecule has 1 saturated heterocycles. The first-order valence-corrected chi connectivity index (χ1v) is 8.31. The van der Waals surface area contributed by atoms with Crippen molar-refractivity contribution in [2.75, 3.05) is 33.3 Å². The van der Waals surface area contributed by atoms with Crippen LogP contribution in [0.4, 0.5) is 0 Å². The van der Waals surface area contributed by atoms with Gasteiger partial charge in [-0.15, -0.1) is 0 Å². The summed E-state index contributed by atoms with van der Waals surface area (Å²) in [5.74, 6) is 1.91. The van der Waals surface area contributed by atoms with E-state index in [4.69, 9.17) is 4.74 Å². The van der Waals surface area contributed by atoms with Crippen LogP contribution in [-0.2, 0) is 4.79 Å². The Bertz CT molecular complexity index is 510. The fourth-order valence-electron chi connectivity index (χ4n) is 3.53. The summed E-state index contributed by atoms with van der Waals surface area (Å²) in [6.07, 6.45) is 4.14. The number of hydrogen-bond acceptors (Lipinski definition) is 3. The molecule has 0 aromatic heterocycles. The number of ether oxygens (including phenoxy) is 1. The first kappa shape index (κ1) is 15.3. The van der Waals surface area contributed by atoms with Crippen molar-refractivity contribution in [2.24, 2.45) is 5.92 Å². The molecule has 1 aromatic rings. The second-order valence-corrected chi connectivity index (χ2v) is 6.56.